The molecular weight excluding hydrogens is 198 g/mol. The summed E-state index contributed by atoms with van der Waals surface area (Å²) in [6.45, 7) is 11.1. The maximum absolute atomic E-state index is 5.50. The van der Waals surface area contributed by atoms with Crippen molar-refractivity contribution < 1.29 is 4.42 Å². The van der Waals surface area contributed by atoms with Crippen molar-refractivity contribution in [2.45, 2.75) is 59.5 Å². The monoisotopic (exact) mass is 223 g/mol. The van der Waals surface area contributed by atoms with Gasteiger partial charge in [0, 0.05) is 6.04 Å². The molecule has 1 heterocycles. The van der Waals surface area contributed by atoms with Crippen LogP contribution in [0.2, 0.25) is 0 Å². The van der Waals surface area contributed by atoms with Crippen LogP contribution in [0.5, 0.6) is 0 Å². The minimum atomic E-state index is 0.300. The van der Waals surface area contributed by atoms with Gasteiger partial charge in [-0.15, -0.1) is 0 Å². The number of rotatable bonds is 6. The highest BCUT2D eigenvalue weighted by Crippen LogP contribution is 2.20. The molecule has 0 aliphatic heterocycles. The van der Waals surface area contributed by atoms with Crippen LogP contribution in [0.25, 0.3) is 0 Å². The van der Waals surface area contributed by atoms with Crippen molar-refractivity contribution in [3.63, 3.8) is 0 Å². The summed E-state index contributed by atoms with van der Waals surface area (Å²) in [5, 5.41) is 3.59. The standard InChI is InChI=1S/C14H25NO/c1-6-10(2)9-12(4)15-13(5)14-11(3)7-8-16-14/h7-8,10,12-13,15H,6,9H2,1-5H3. The fraction of sp³-hybridized carbons (Fsp3) is 0.714. The average molecular weight is 223 g/mol. The summed E-state index contributed by atoms with van der Waals surface area (Å²) in [5.74, 6) is 1.85. The molecule has 2 heteroatoms. The second-order valence-corrected chi connectivity index (χ2v) is 5.01. The lowest BCUT2D eigenvalue weighted by Crippen LogP contribution is -2.30. The van der Waals surface area contributed by atoms with Crippen LogP contribution in [0.1, 0.15) is 57.9 Å². The van der Waals surface area contributed by atoms with E-state index >= 15 is 0 Å². The molecule has 16 heavy (non-hydrogen) atoms. The Bertz CT molecular complexity index is 305. The molecule has 3 unspecified atom stereocenters. The minimum Gasteiger partial charge on any atom is -0.467 e. The second-order valence-electron chi connectivity index (χ2n) is 5.01. The molecule has 0 amide bonds. The largest absolute Gasteiger partial charge is 0.467 e. The van der Waals surface area contributed by atoms with Crippen molar-refractivity contribution in [2.75, 3.05) is 0 Å². The van der Waals surface area contributed by atoms with Crippen LogP contribution in [-0.2, 0) is 0 Å². The first-order chi connectivity index (χ1) is 7.54. The second kappa shape index (κ2) is 6.09. The van der Waals surface area contributed by atoms with Crippen molar-refractivity contribution >= 4 is 0 Å². The van der Waals surface area contributed by atoms with E-state index in [9.17, 15) is 0 Å². The molecule has 1 N–H and O–H groups in total. The summed E-state index contributed by atoms with van der Waals surface area (Å²) in [7, 11) is 0. The van der Waals surface area contributed by atoms with Gasteiger partial charge in [-0.3, -0.25) is 0 Å². The van der Waals surface area contributed by atoms with Gasteiger partial charge in [0.1, 0.15) is 5.76 Å². The Morgan fingerprint density at radius 2 is 2.00 bits per heavy atom. The van der Waals surface area contributed by atoms with Crippen LogP contribution in [0.4, 0.5) is 0 Å². The summed E-state index contributed by atoms with van der Waals surface area (Å²) in [5.41, 5.74) is 1.23. The first kappa shape index (κ1) is 13.3. The molecule has 0 spiro atoms. The van der Waals surface area contributed by atoms with E-state index in [4.69, 9.17) is 4.42 Å². The number of hydrogen-bond donors (Lipinski definition) is 1. The molecule has 2 nitrogen and oxygen atoms in total. The predicted molar refractivity (Wildman–Crippen MR) is 68.5 cm³/mol. The van der Waals surface area contributed by atoms with Crippen molar-refractivity contribution in [1.82, 2.24) is 5.32 Å². The summed E-state index contributed by atoms with van der Waals surface area (Å²) in [4.78, 5) is 0. The third-order valence-electron chi connectivity index (χ3n) is 3.28. The van der Waals surface area contributed by atoms with Gasteiger partial charge in [0.2, 0.25) is 0 Å². The highest BCUT2D eigenvalue weighted by molar-refractivity contribution is 5.17. The highest BCUT2D eigenvalue weighted by Gasteiger charge is 2.15. The van der Waals surface area contributed by atoms with Crippen LogP contribution in [0, 0.1) is 12.8 Å². The normalized spacial score (nSPS) is 17.1. The van der Waals surface area contributed by atoms with Crippen LogP contribution >= 0.6 is 0 Å². The van der Waals surface area contributed by atoms with Gasteiger partial charge in [-0.2, -0.15) is 0 Å². The molecule has 1 aromatic rings. The highest BCUT2D eigenvalue weighted by atomic mass is 16.3. The Balaban J connectivity index is 2.45. The van der Waals surface area contributed by atoms with Crippen LogP contribution in [0.15, 0.2) is 16.7 Å². The molecular formula is C14H25NO. The van der Waals surface area contributed by atoms with Gasteiger partial charge in [-0.1, -0.05) is 20.3 Å². The Morgan fingerprint density at radius 3 is 2.50 bits per heavy atom. The lowest BCUT2D eigenvalue weighted by molar-refractivity contribution is 0.353. The molecule has 0 aliphatic rings. The number of hydrogen-bond acceptors (Lipinski definition) is 2. The topological polar surface area (TPSA) is 25.2 Å². The summed E-state index contributed by atoms with van der Waals surface area (Å²) in [6, 6.07) is 2.86. The van der Waals surface area contributed by atoms with Crippen molar-refractivity contribution in [1.29, 1.82) is 0 Å². The van der Waals surface area contributed by atoms with Gasteiger partial charge < -0.3 is 9.73 Å². The number of furan rings is 1. The Morgan fingerprint density at radius 1 is 1.31 bits per heavy atom. The van der Waals surface area contributed by atoms with Gasteiger partial charge in [0.05, 0.1) is 12.3 Å². The van der Waals surface area contributed by atoms with Crippen molar-refractivity contribution in [3.8, 4) is 0 Å². The molecule has 3 atom stereocenters. The number of aryl methyl sites for hydroxylation is 1. The Kier molecular flexibility index (Phi) is 5.07. The molecule has 0 fully saturated rings. The van der Waals surface area contributed by atoms with Gasteiger partial charge in [-0.05, 0) is 44.7 Å². The maximum Gasteiger partial charge on any atom is 0.123 e. The summed E-state index contributed by atoms with van der Waals surface area (Å²) < 4.78 is 5.50. The fourth-order valence-electron chi connectivity index (χ4n) is 2.17. The predicted octanol–water partition coefficient (Wildman–Crippen LogP) is 4.06. The molecule has 0 aromatic carbocycles. The van der Waals surface area contributed by atoms with E-state index in [1.807, 2.05) is 6.07 Å². The van der Waals surface area contributed by atoms with Gasteiger partial charge >= 0.3 is 0 Å². The van der Waals surface area contributed by atoms with Crippen LogP contribution in [-0.4, -0.2) is 6.04 Å². The maximum atomic E-state index is 5.50. The number of nitrogens with one attached hydrogen (secondary N) is 1. The summed E-state index contributed by atoms with van der Waals surface area (Å²) in [6.07, 6.45) is 4.24. The third kappa shape index (κ3) is 3.67. The van der Waals surface area contributed by atoms with E-state index in [0.717, 1.165) is 11.7 Å². The van der Waals surface area contributed by atoms with Gasteiger partial charge in [0.15, 0.2) is 0 Å². The van der Waals surface area contributed by atoms with E-state index in [1.165, 1.54) is 18.4 Å². The molecule has 92 valence electrons. The quantitative estimate of drug-likeness (QED) is 0.786. The molecule has 1 aromatic heterocycles. The van der Waals surface area contributed by atoms with E-state index in [0.29, 0.717) is 12.1 Å². The molecule has 0 aliphatic carbocycles. The lowest BCUT2D eigenvalue weighted by Gasteiger charge is -2.21. The first-order valence-electron chi connectivity index (χ1n) is 6.34. The molecule has 0 saturated heterocycles. The first-order valence-corrected chi connectivity index (χ1v) is 6.34. The molecule has 0 saturated carbocycles. The third-order valence-corrected chi connectivity index (χ3v) is 3.28. The fourth-order valence-corrected chi connectivity index (χ4v) is 2.17. The zero-order valence-corrected chi connectivity index (χ0v) is 11.2. The zero-order chi connectivity index (χ0) is 12.1. The van der Waals surface area contributed by atoms with Crippen LogP contribution in [0.3, 0.4) is 0 Å². The van der Waals surface area contributed by atoms with E-state index in [1.54, 1.807) is 6.26 Å². The Hall–Kier alpha value is -0.760. The van der Waals surface area contributed by atoms with Gasteiger partial charge in [0.25, 0.3) is 0 Å². The molecule has 1 rings (SSSR count). The SMILES string of the molecule is CCC(C)CC(C)NC(C)c1occc1C. The average Bonchev–Trinajstić information content (AvgIpc) is 2.63. The minimum absolute atomic E-state index is 0.300. The molecule has 0 bridgehead atoms. The smallest absolute Gasteiger partial charge is 0.123 e. The summed E-state index contributed by atoms with van der Waals surface area (Å²) >= 11 is 0. The lowest BCUT2D eigenvalue weighted by atomic mass is 9.99. The molecule has 0 radical (unpaired) electrons. The van der Waals surface area contributed by atoms with E-state index in [-0.39, 0.29) is 0 Å². The van der Waals surface area contributed by atoms with Crippen LogP contribution < -0.4 is 5.32 Å². The Labute approximate surface area is 99.4 Å². The zero-order valence-electron chi connectivity index (χ0n) is 11.2. The van der Waals surface area contributed by atoms with E-state index < -0.39 is 0 Å². The van der Waals surface area contributed by atoms with E-state index in [2.05, 4.69) is 39.9 Å². The van der Waals surface area contributed by atoms with Gasteiger partial charge in [-0.25, -0.2) is 0 Å². The van der Waals surface area contributed by atoms with Crippen molar-refractivity contribution in [2.24, 2.45) is 5.92 Å². The van der Waals surface area contributed by atoms with Crippen molar-refractivity contribution in [3.05, 3.63) is 23.7 Å².